The number of phenols is 1. The standard InChI is InChI=1S/C16H17NO2S/c1-2-17(13-6-4-3-5-7-13)16(19)12-20-15-10-8-14(18)9-11-15/h3-11,18H,2,12H2,1H3. The molecule has 0 saturated carbocycles. The summed E-state index contributed by atoms with van der Waals surface area (Å²) in [6, 6.07) is 16.5. The predicted molar refractivity (Wildman–Crippen MR) is 83.3 cm³/mol. The lowest BCUT2D eigenvalue weighted by Gasteiger charge is -2.20. The van der Waals surface area contributed by atoms with Gasteiger partial charge < -0.3 is 10.0 Å². The predicted octanol–water partition coefficient (Wildman–Crippen LogP) is 3.54. The molecule has 104 valence electrons. The van der Waals surface area contributed by atoms with Gasteiger partial charge in [0.25, 0.3) is 0 Å². The van der Waals surface area contributed by atoms with Crippen molar-refractivity contribution in [1.82, 2.24) is 0 Å². The summed E-state index contributed by atoms with van der Waals surface area (Å²) >= 11 is 1.47. The lowest BCUT2D eigenvalue weighted by molar-refractivity contribution is -0.116. The van der Waals surface area contributed by atoms with E-state index in [-0.39, 0.29) is 11.7 Å². The minimum atomic E-state index is 0.0803. The normalized spacial score (nSPS) is 10.2. The van der Waals surface area contributed by atoms with E-state index in [9.17, 15) is 9.90 Å². The maximum Gasteiger partial charge on any atom is 0.237 e. The average Bonchev–Trinajstić information content (AvgIpc) is 2.48. The van der Waals surface area contributed by atoms with Gasteiger partial charge in [0, 0.05) is 17.1 Å². The van der Waals surface area contributed by atoms with Gasteiger partial charge in [0.2, 0.25) is 5.91 Å². The minimum Gasteiger partial charge on any atom is -0.508 e. The highest BCUT2D eigenvalue weighted by atomic mass is 32.2. The van der Waals surface area contributed by atoms with E-state index in [0.717, 1.165) is 10.6 Å². The molecule has 0 aliphatic heterocycles. The third-order valence-electron chi connectivity index (χ3n) is 2.88. The topological polar surface area (TPSA) is 40.5 Å². The fourth-order valence-electron chi connectivity index (χ4n) is 1.88. The molecule has 0 radical (unpaired) electrons. The van der Waals surface area contributed by atoms with Crippen LogP contribution in [0.1, 0.15) is 6.92 Å². The third kappa shape index (κ3) is 3.78. The van der Waals surface area contributed by atoms with Gasteiger partial charge in [-0.25, -0.2) is 0 Å². The summed E-state index contributed by atoms with van der Waals surface area (Å²) in [5, 5.41) is 9.22. The molecule has 3 nitrogen and oxygen atoms in total. The lowest BCUT2D eigenvalue weighted by atomic mass is 10.3. The molecule has 0 aromatic heterocycles. The first-order chi connectivity index (χ1) is 9.70. The van der Waals surface area contributed by atoms with Gasteiger partial charge >= 0.3 is 0 Å². The Morgan fingerprint density at radius 3 is 2.35 bits per heavy atom. The van der Waals surface area contributed by atoms with Crippen LogP contribution in [0.5, 0.6) is 5.75 Å². The van der Waals surface area contributed by atoms with E-state index in [0.29, 0.717) is 12.3 Å². The first-order valence-corrected chi connectivity index (χ1v) is 7.46. The van der Waals surface area contributed by atoms with Crippen molar-refractivity contribution in [3.05, 3.63) is 54.6 Å². The summed E-state index contributed by atoms with van der Waals surface area (Å²) in [5.74, 6) is 0.699. The number of nitrogens with zero attached hydrogens (tertiary/aromatic N) is 1. The van der Waals surface area contributed by atoms with Crippen molar-refractivity contribution in [3.8, 4) is 5.75 Å². The number of benzene rings is 2. The lowest BCUT2D eigenvalue weighted by Crippen LogP contribution is -2.32. The molecule has 0 unspecified atom stereocenters. The maximum absolute atomic E-state index is 12.3. The van der Waals surface area contributed by atoms with Gasteiger partial charge in [0.15, 0.2) is 0 Å². The van der Waals surface area contributed by atoms with Crippen LogP contribution < -0.4 is 4.90 Å². The summed E-state index contributed by atoms with van der Waals surface area (Å²) in [6.07, 6.45) is 0. The van der Waals surface area contributed by atoms with Gasteiger partial charge in [0.1, 0.15) is 5.75 Å². The van der Waals surface area contributed by atoms with E-state index in [1.165, 1.54) is 11.8 Å². The second-order valence-electron chi connectivity index (χ2n) is 4.26. The van der Waals surface area contributed by atoms with E-state index in [1.54, 1.807) is 17.0 Å². The van der Waals surface area contributed by atoms with Crippen molar-refractivity contribution in [2.24, 2.45) is 0 Å². The zero-order valence-electron chi connectivity index (χ0n) is 11.3. The van der Waals surface area contributed by atoms with Gasteiger partial charge in [-0.2, -0.15) is 0 Å². The van der Waals surface area contributed by atoms with Crippen LogP contribution in [0.15, 0.2) is 59.5 Å². The van der Waals surface area contributed by atoms with Crippen molar-refractivity contribution in [2.75, 3.05) is 17.2 Å². The van der Waals surface area contributed by atoms with Crippen molar-refractivity contribution < 1.29 is 9.90 Å². The Bertz CT molecular complexity index is 554. The Morgan fingerprint density at radius 2 is 1.75 bits per heavy atom. The first kappa shape index (κ1) is 14.5. The quantitative estimate of drug-likeness (QED) is 0.855. The zero-order chi connectivity index (χ0) is 14.4. The van der Waals surface area contributed by atoms with Crippen LogP contribution in [-0.2, 0) is 4.79 Å². The zero-order valence-corrected chi connectivity index (χ0v) is 12.1. The molecule has 1 N–H and O–H groups in total. The van der Waals surface area contributed by atoms with Crippen LogP contribution in [0, 0.1) is 0 Å². The highest BCUT2D eigenvalue weighted by molar-refractivity contribution is 8.00. The summed E-state index contributed by atoms with van der Waals surface area (Å²) in [5.41, 5.74) is 0.923. The molecule has 20 heavy (non-hydrogen) atoms. The largest absolute Gasteiger partial charge is 0.508 e. The van der Waals surface area contributed by atoms with Crippen molar-refractivity contribution in [1.29, 1.82) is 0 Å². The van der Waals surface area contributed by atoms with E-state index < -0.39 is 0 Å². The number of hydrogen-bond donors (Lipinski definition) is 1. The van der Waals surface area contributed by atoms with Crippen LogP contribution in [-0.4, -0.2) is 23.3 Å². The number of carbonyl (C=O) groups excluding carboxylic acids is 1. The third-order valence-corrected chi connectivity index (χ3v) is 3.88. The molecule has 0 saturated heterocycles. The Balaban J connectivity index is 1.98. The summed E-state index contributed by atoms with van der Waals surface area (Å²) in [7, 11) is 0. The molecule has 2 aromatic rings. The van der Waals surface area contributed by atoms with Crippen molar-refractivity contribution >= 4 is 23.4 Å². The van der Waals surface area contributed by atoms with Crippen LogP contribution >= 0.6 is 11.8 Å². The molecular weight excluding hydrogens is 270 g/mol. The number of phenolic OH excluding ortho intramolecular Hbond substituents is 1. The van der Waals surface area contributed by atoms with E-state index in [2.05, 4.69) is 0 Å². The van der Waals surface area contributed by atoms with Crippen LogP contribution in [0.3, 0.4) is 0 Å². The van der Waals surface area contributed by atoms with E-state index >= 15 is 0 Å². The molecule has 2 rings (SSSR count). The summed E-state index contributed by atoms with van der Waals surface area (Å²) in [6.45, 7) is 2.62. The maximum atomic E-state index is 12.3. The van der Waals surface area contributed by atoms with Crippen molar-refractivity contribution in [3.63, 3.8) is 0 Å². The monoisotopic (exact) mass is 287 g/mol. The molecule has 4 heteroatoms. The second kappa shape index (κ2) is 7.01. The molecule has 0 aliphatic rings. The molecule has 0 heterocycles. The molecule has 0 fully saturated rings. The first-order valence-electron chi connectivity index (χ1n) is 6.48. The van der Waals surface area contributed by atoms with Gasteiger partial charge in [-0.1, -0.05) is 18.2 Å². The fourth-order valence-corrected chi connectivity index (χ4v) is 2.65. The molecule has 2 aromatic carbocycles. The number of aromatic hydroxyl groups is 1. The SMILES string of the molecule is CCN(C(=O)CSc1ccc(O)cc1)c1ccccc1. The number of thioether (sulfide) groups is 1. The van der Waals surface area contributed by atoms with Gasteiger partial charge in [-0.3, -0.25) is 4.79 Å². The molecule has 1 amide bonds. The second-order valence-corrected chi connectivity index (χ2v) is 5.30. The van der Waals surface area contributed by atoms with Crippen LogP contribution in [0.4, 0.5) is 5.69 Å². The van der Waals surface area contributed by atoms with E-state index in [1.807, 2.05) is 49.4 Å². The van der Waals surface area contributed by atoms with Gasteiger partial charge in [0.05, 0.1) is 5.75 Å². The van der Waals surface area contributed by atoms with Crippen LogP contribution in [0.25, 0.3) is 0 Å². The van der Waals surface area contributed by atoms with Crippen molar-refractivity contribution in [2.45, 2.75) is 11.8 Å². The summed E-state index contributed by atoms with van der Waals surface area (Å²) in [4.78, 5) is 15.0. The highest BCUT2D eigenvalue weighted by Crippen LogP contribution is 2.22. The molecule has 0 aliphatic carbocycles. The fraction of sp³-hybridized carbons (Fsp3) is 0.188. The molecule has 0 bridgehead atoms. The Labute approximate surface area is 123 Å². The number of hydrogen-bond acceptors (Lipinski definition) is 3. The number of para-hydroxylation sites is 1. The molecule has 0 spiro atoms. The Kier molecular flexibility index (Phi) is 5.07. The summed E-state index contributed by atoms with van der Waals surface area (Å²) < 4.78 is 0. The molecular formula is C16H17NO2S. The van der Waals surface area contributed by atoms with Gasteiger partial charge in [-0.05, 0) is 43.3 Å². The average molecular weight is 287 g/mol. The Morgan fingerprint density at radius 1 is 1.10 bits per heavy atom. The van der Waals surface area contributed by atoms with Crippen LogP contribution in [0.2, 0.25) is 0 Å². The number of amides is 1. The minimum absolute atomic E-state index is 0.0803. The van der Waals surface area contributed by atoms with Gasteiger partial charge in [-0.15, -0.1) is 11.8 Å². The number of rotatable bonds is 5. The molecule has 0 atom stereocenters. The number of anilines is 1. The van der Waals surface area contributed by atoms with E-state index in [4.69, 9.17) is 0 Å². The number of carbonyl (C=O) groups is 1. The smallest absolute Gasteiger partial charge is 0.237 e. The highest BCUT2D eigenvalue weighted by Gasteiger charge is 2.13. The Hall–Kier alpha value is -1.94.